The fourth-order valence-corrected chi connectivity index (χ4v) is 2.64. The Morgan fingerprint density at radius 3 is 2.14 bits per heavy atom. The fraction of sp³-hybridized carbons (Fsp3) is 0.500. The van der Waals surface area contributed by atoms with Crippen LogP contribution < -0.4 is 0 Å². The Kier molecular flexibility index (Phi) is 6.75. The Hall–Kier alpha value is 0.210. The van der Waals surface area contributed by atoms with Gasteiger partial charge >= 0.3 is 7.60 Å². The monoisotopic (exact) mass is 258 g/mol. The standard InChI is InChI=1S/C8H13Cl2O3P/c1-4-12-14(11,13-5-2)7(3)8(10)6-9/h6H,3-5H2,1-2H3/b8-6-. The average molecular weight is 259 g/mol. The van der Waals surface area contributed by atoms with Gasteiger partial charge in [0.15, 0.2) is 0 Å². The summed E-state index contributed by atoms with van der Waals surface area (Å²) in [5, 5.41) is 0.162. The number of halogens is 2. The highest BCUT2D eigenvalue weighted by Crippen LogP contribution is 2.58. The number of allylic oxidation sites excluding steroid dienone is 2. The lowest BCUT2D eigenvalue weighted by Crippen LogP contribution is -1.98. The second kappa shape index (κ2) is 6.65. The van der Waals surface area contributed by atoms with Crippen LogP contribution in [0.3, 0.4) is 0 Å². The van der Waals surface area contributed by atoms with E-state index in [1.54, 1.807) is 13.8 Å². The van der Waals surface area contributed by atoms with Crippen LogP contribution in [0, 0.1) is 0 Å². The van der Waals surface area contributed by atoms with Gasteiger partial charge in [-0.2, -0.15) is 0 Å². The van der Waals surface area contributed by atoms with Gasteiger partial charge in [0.1, 0.15) is 0 Å². The molecule has 0 N–H and O–H groups in total. The molecule has 14 heavy (non-hydrogen) atoms. The second-order valence-electron chi connectivity index (χ2n) is 2.24. The van der Waals surface area contributed by atoms with Crippen LogP contribution in [0.5, 0.6) is 0 Å². The van der Waals surface area contributed by atoms with Crippen molar-refractivity contribution in [2.45, 2.75) is 13.8 Å². The molecule has 0 saturated carbocycles. The van der Waals surface area contributed by atoms with E-state index >= 15 is 0 Å². The summed E-state index contributed by atoms with van der Waals surface area (Å²) in [6.45, 7) is 7.45. The molecule has 0 fully saturated rings. The molecule has 0 atom stereocenters. The van der Waals surface area contributed by atoms with E-state index in [9.17, 15) is 4.57 Å². The van der Waals surface area contributed by atoms with Crippen molar-refractivity contribution in [2.24, 2.45) is 0 Å². The highest BCUT2D eigenvalue weighted by molar-refractivity contribution is 7.59. The summed E-state index contributed by atoms with van der Waals surface area (Å²) in [4.78, 5) is 0. The summed E-state index contributed by atoms with van der Waals surface area (Å²) in [6.07, 6.45) is 0. The van der Waals surface area contributed by atoms with E-state index in [-0.39, 0.29) is 23.6 Å². The van der Waals surface area contributed by atoms with Gasteiger partial charge in [-0.3, -0.25) is 4.57 Å². The van der Waals surface area contributed by atoms with E-state index in [1.807, 2.05) is 0 Å². The van der Waals surface area contributed by atoms with E-state index in [4.69, 9.17) is 32.2 Å². The highest BCUT2D eigenvalue weighted by atomic mass is 35.5. The molecule has 0 spiro atoms. The first-order chi connectivity index (χ1) is 6.51. The molecule has 0 aliphatic rings. The van der Waals surface area contributed by atoms with E-state index < -0.39 is 7.60 Å². The first kappa shape index (κ1) is 14.2. The third kappa shape index (κ3) is 3.76. The molecule has 0 unspecified atom stereocenters. The van der Waals surface area contributed by atoms with Crippen LogP contribution in [0.25, 0.3) is 0 Å². The summed E-state index contributed by atoms with van der Waals surface area (Å²) < 4.78 is 22.0. The molecular weight excluding hydrogens is 246 g/mol. The normalized spacial score (nSPS) is 13.0. The molecule has 0 aromatic rings. The van der Waals surface area contributed by atoms with Crippen LogP contribution in [0.15, 0.2) is 22.5 Å². The molecule has 0 heterocycles. The molecule has 6 heteroatoms. The van der Waals surface area contributed by atoms with Crippen LogP contribution in [0.4, 0.5) is 0 Å². The average Bonchev–Trinajstić information content (AvgIpc) is 2.16. The van der Waals surface area contributed by atoms with E-state index in [0.717, 1.165) is 5.54 Å². The summed E-state index contributed by atoms with van der Waals surface area (Å²) in [7, 11) is -3.36. The Bertz CT molecular complexity index is 266. The maximum atomic E-state index is 12.0. The number of hydrogen-bond donors (Lipinski definition) is 0. The zero-order valence-corrected chi connectivity index (χ0v) is 10.5. The van der Waals surface area contributed by atoms with Gasteiger partial charge in [-0.25, -0.2) is 0 Å². The summed E-state index contributed by atoms with van der Waals surface area (Å²) in [5.74, 6) is 0. The lowest BCUT2D eigenvalue weighted by atomic mass is 10.6. The SMILES string of the molecule is C=C(/C(Cl)=C/Cl)P(=O)(OCC)OCC. The Labute approximate surface area is 94.2 Å². The van der Waals surface area contributed by atoms with Gasteiger partial charge in [-0.15, -0.1) is 0 Å². The second-order valence-corrected chi connectivity index (χ2v) is 4.91. The fourth-order valence-electron chi connectivity index (χ4n) is 0.727. The predicted molar refractivity (Wildman–Crippen MR) is 59.8 cm³/mol. The van der Waals surface area contributed by atoms with E-state index in [2.05, 4.69) is 6.58 Å². The van der Waals surface area contributed by atoms with E-state index in [0.29, 0.717) is 0 Å². The molecule has 0 aliphatic carbocycles. The van der Waals surface area contributed by atoms with Gasteiger partial charge in [-0.05, 0) is 13.8 Å². The minimum atomic E-state index is -3.36. The Balaban J connectivity index is 4.82. The lowest BCUT2D eigenvalue weighted by Gasteiger charge is -2.18. The summed E-state index contributed by atoms with van der Waals surface area (Å²) >= 11 is 11.0. The third-order valence-electron chi connectivity index (χ3n) is 1.30. The molecular formula is C8H13Cl2O3P. The van der Waals surface area contributed by atoms with Crippen molar-refractivity contribution >= 4 is 30.8 Å². The predicted octanol–water partition coefficient (Wildman–Crippen LogP) is 4.09. The third-order valence-corrected chi connectivity index (χ3v) is 4.20. The topological polar surface area (TPSA) is 35.5 Å². The molecule has 0 aromatic heterocycles. The molecule has 0 bridgehead atoms. The van der Waals surface area contributed by atoms with Crippen LogP contribution in [-0.4, -0.2) is 13.2 Å². The minimum Gasteiger partial charge on any atom is -0.305 e. The minimum absolute atomic E-state index is 0.0805. The maximum Gasteiger partial charge on any atom is 0.362 e. The van der Waals surface area contributed by atoms with Crippen molar-refractivity contribution < 1.29 is 13.6 Å². The Morgan fingerprint density at radius 2 is 1.86 bits per heavy atom. The van der Waals surface area contributed by atoms with Crippen molar-refractivity contribution in [3.8, 4) is 0 Å². The molecule has 0 saturated heterocycles. The van der Waals surface area contributed by atoms with Gasteiger partial charge in [0.2, 0.25) is 0 Å². The number of hydrogen-bond acceptors (Lipinski definition) is 3. The van der Waals surface area contributed by atoms with E-state index in [1.165, 1.54) is 0 Å². The first-order valence-corrected chi connectivity index (χ1v) is 6.42. The summed E-state index contributed by atoms with van der Waals surface area (Å²) in [6, 6.07) is 0. The van der Waals surface area contributed by atoms with Gasteiger partial charge in [-0.1, -0.05) is 29.8 Å². The van der Waals surface area contributed by atoms with Gasteiger partial charge < -0.3 is 9.05 Å². The van der Waals surface area contributed by atoms with Crippen molar-refractivity contribution in [1.82, 2.24) is 0 Å². The molecule has 0 rings (SSSR count). The lowest BCUT2D eigenvalue weighted by molar-refractivity contribution is 0.227. The van der Waals surface area contributed by atoms with Crippen molar-refractivity contribution in [1.29, 1.82) is 0 Å². The largest absolute Gasteiger partial charge is 0.362 e. The van der Waals surface area contributed by atoms with Crippen LogP contribution >= 0.6 is 30.8 Å². The maximum absolute atomic E-state index is 12.0. The van der Waals surface area contributed by atoms with Gasteiger partial charge in [0, 0.05) is 5.54 Å². The van der Waals surface area contributed by atoms with Crippen LogP contribution in [-0.2, 0) is 13.6 Å². The van der Waals surface area contributed by atoms with Crippen molar-refractivity contribution in [2.75, 3.05) is 13.2 Å². The molecule has 0 amide bonds. The highest BCUT2D eigenvalue weighted by Gasteiger charge is 2.29. The molecule has 82 valence electrons. The van der Waals surface area contributed by atoms with Crippen molar-refractivity contribution in [3.63, 3.8) is 0 Å². The quantitative estimate of drug-likeness (QED) is 0.532. The van der Waals surface area contributed by atoms with Crippen molar-refractivity contribution in [3.05, 3.63) is 22.5 Å². The van der Waals surface area contributed by atoms with Crippen LogP contribution in [0.2, 0.25) is 0 Å². The first-order valence-electron chi connectivity index (χ1n) is 4.06. The molecule has 0 radical (unpaired) electrons. The zero-order chi connectivity index (χ0) is 11.2. The molecule has 0 aromatic carbocycles. The van der Waals surface area contributed by atoms with Gasteiger partial charge in [0.25, 0.3) is 0 Å². The zero-order valence-electron chi connectivity index (χ0n) is 8.13. The molecule has 0 aliphatic heterocycles. The summed E-state index contributed by atoms with van der Waals surface area (Å²) in [5.41, 5.74) is 1.08. The number of rotatable bonds is 6. The molecule has 3 nitrogen and oxygen atoms in total. The van der Waals surface area contributed by atoms with Gasteiger partial charge in [0.05, 0.1) is 23.6 Å². The van der Waals surface area contributed by atoms with Crippen LogP contribution in [0.1, 0.15) is 13.8 Å². The smallest absolute Gasteiger partial charge is 0.305 e. The Morgan fingerprint density at radius 1 is 1.43 bits per heavy atom.